The van der Waals surface area contributed by atoms with Gasteiger partial charge in [-0.25, -0.2) is 12.8 Å². The summed E-state index contributed by atoms with van der Waals surface area (Å²) in [7, 11) is -2.01. The number of hydrogen-bond acceptors (Lipinski definition) is 6. The predicted molar refractivity (Wildman–Crippen MR) is 76.4 cm³/mol. The van der Waals surface area contributed by atoms with E-state index in [2.05, 4.69) is 0 Å². The fraction of sp³-hybridized carbons (Fsp3) is 0.538. The number of nitrogen functional groups attached to an aromatic ring is 1. The number of ether oxygens (including phenoxy) is 3. The second kappa shape index (κ2) is 8.93. The van der Waals surface area contributed by atoms with Crippen molar-refractivity contribution in [2.24, 2.45) is 0 Å². The van der Waals surface area contributed by atoms with Crippen LogP contribution in [0.3, 0.4) is 0 Å². The highest BCUT2D eigenvalue weighted by Crippen LogP contribution is 2.20. The van der Waals surface area contributed by atoms with Crippen molar-refractivity contribution in [2.75, 3.05) is 51.6 Å². The fourth-order valence-electron chi connectivity index (χ4n) is 1.55. The van der Waals surface area contributed by atoms with Crippen LogP contribution in [0.4, 0.5) is 10.1 Å². The van der Waals surface area contributed by atoms with Gasteiger partial charge in [0.1, 0.15) is 5.82 Å². The lowest BCUT2D eigenvalue weighted by molar-refractivity contribution is 0.0284. The Kier molecular flexibility index (Phi) is 7.58. The van der Waals surface area contributed by atoms with Gasteiger partial charge < -0.3 is 19.9 Å². The average molecular weight is 321 g/mol. The molecule has 0 amide bonds. The van der Waals surface area contributed by atoms with Crippen LogP contribution in [0, 0.1) is 5.82 Å². The van der Waals surface area contributed by atoms with E-state index in [0.29, 0.717) is 19.8 Å². The van der Waals surface area contributed by atoms with E-state index >= 15 is 0 Å². The highest BCUT2D eigenvalue weighted by atomic mass is 32.2. The average Bonchev–Trinajstić information content (AvgIpc) is 2.41. The van der Waals surface area contributed by atoms with Crippen LogP contribution in [-0.4, -0.2) is 54.3 Å². The molecule has 0 saturated heterocycles. The summed E-state index contributed by atoms with van der Waals surface area (Å²) >= 11 is 0. The molecule has 0 aliphatic carbocycles. The first-order chi connectivity index (χ1) is 9.97. The Balaban J connectivity index is 2.33. The van der Waals surface area contributed by atoms with Gasteiger partial charge in [-0.05, 0) is 18.2 Å². The third-order valence-electron chi connectivity index (χ3n) is 2.61. The third kappa shape index (κ3) is 6.38. The normalized spacial score (nSPS) is 11.7. The van der Waals surface area contributed by atoms with E-state index in [1.165, 1.54) is 0 Å². The topological polar surface area (TPSA) is 87.9 Å². The Hall–Kier alpha value is -1.22. The largest absolute Gasteiger partial charge is 0.398 e. The standard InChI is InChI=1S/C13H20FNO5S/c1-18-4-5-19-6-7-20-8-9-21(16,17)13-3-2-11(14)10-12(13)15/h2-3,10H,4-9,15H2,1H3. The zero-order valence-electron chi connectivity index (χ0n) is 11.9. The Bertz CT molecular complexity index is 535. The highest BCUT2D eigenvalue weighted by Gasteiger charge is 2.17. The number of nitrogens with two attached hydrogens (primary N) is 1. The Morgan fingerprint density at radius 1 is 1.10 bits per heavy atom. The molecule has 1 rings (SSSR count). The van der Waals surface area contributed by atoms with Gasteiger partial charge in [-0.15, -0.1) is 0 Å². The van der Waals surface area contributed by atoms with Gasteiger partial charge in [0.05, 0.1) is 49.4 Å². The molecule has 0 bridgehead atoms. The summed E-state index contributed by atoms with van der Waals surface area (Å²) in [6.07, 6.45) is 0. The summed E-state index contributed by atoms with van der Waals surface area (Å²) in [5, 5.41) is 0. The van der Waals surface area contributed by atoms with Gasteiger partial charge in [0.2, 0.25) is 0 Å². The van der Waals surface area contributed by atoms with Crippen LogP contribution in [0.5, 0.6) is 0 Å². The summed E-state index contributed by atoms with van der Waals surface area (Å²) in [4.78, 5) is -0.0798. The minimum Gasteiger partial charge on any atom is -0.398 e. The molecule has 8 heteroatoms. The van der Waals surface area contributed by atoms with Crippen LogP contribution >= 0.6 is 0 Å². The lowest BCUT2D eigenvalue weighted by Crippen LogP contribution is -2.16. The number of benzene rings is 1. The fourth-order valence-corrected chi connectivity index (χ4v) is 2.80. The van der Waals surface area contributed by atoms with Gasteiger partial charge in [-0.2, -0.15) is 0 Å². The van der Waals surface area contributed by atoms with E-state index in [1.807, 2.05) is 0 Å². The highest BCUT2D eigenvalue weighted by molar-refractivity contribution is 7.91. The number of halogens is 1. The lowest BCUT2D eigenvalue weighted by Gasteiger charge is -2.08. The van der Waals surface area contributed by atoms with Crippen molar-refractivity contribution in [2.45, 2.75) is 4.90 Å². The maximum absolute atomic E-state index is 12.9. The molecule has 120 valence electrons. The molecule has 0 radical (unpaired) electrons. The quantitative estimate of drug-likeness (QED) is 0.391. The van der Waals surface area contributed by atoms with Crippen molar-refractivity contribution in [3.63, 3.8) is 0 Å². The molecular formula is C13H20FNO5S. The number of anilines is 1. The van der Waals surface area contributed by atoms with Crippen LogP contribution in [0.1, 0.15) is 0 Å². The van der Waals surface area contributed by atoms with Gasteiger partial charge in [0, 0.05) is 7.11 Å². The molecule has 1 aromatic carbocycles. The van der Waals surface area contributed by atoms with E-state index in [-0.39, 0.29) is 29.5 Å². The molecule has 0 saturated carbocycles. The molecule has 6 nitrogen and oxygen atoms in total. The van der Waals surface area contributed by atoms with Gasteiger partial charge in [-0.1, -0.05) is 0 Å². The van der Waals surface area contributed by atoms with E-state index < -0.39 is 15.7 Å². The molecule has 0 atom stereocenters. The molecule has 1 aromatic rings. The minimum absolute atomic E-state index is 0.0206. The van der Waals surface area contributed by atoms with Crippen LogP contribution < -0.4 is 5.73 Å². The van der Waals surface area contributed by atoms with E-state index in [0.717, 1.165) is 18.2 Å². The first-order valence-corrected chi connectivity index (χ1v) is 8.05. The van der Waals surface area contributed by atoms with E-state index in [9.17, 15) is 12.8 Å². The van der Waals surface area contributed by atoms with Crippen LogP contribution in [0.25, 0.3) is 0 Å². The number of sulfone groups is 1. The van der Waals surface area contributed by atoms with Gasteiger partial charge in [0.25, 0.3) is 0 Å². The summed E-state index contributed by atoms with van der Waals surface area (Å²) in [5.41, 5.74) is 5.41. The number of rotatable bonds is 10. The molecule has 0 fully saturated rings. The lowest BCUT2D eigenvalue weighted by atomic mass is 10.3. The molecule has 0 aromatic heterocycles. The van der Waals surface area contributed by atoms with Crippen molar-refractivity contribution in [3.8, 4) is 0 Å². The first kappa shape index (κ1) is 17.8. The van der Waals surface area contributed by atoms with Gasteiger partial charge in [0.15, 0.2) is 9.84 Å². The molecule has 21 heavy (non-hydrogen) atoms. The van der Waals surface area contributed by atoms with Crippen LogP contribution in [0.2, 0.25) is 0 Å². The Morgan fingerprint density at radius 3 is 2.33 bits per heavy atom. The van der Waals surface area contributed by atoms with E-state index in [4.69, 9.17) is 19.9 Å². The zero-order valence-corrected chi connectivity index (χ0v) is 12.7. The summed E-state index contributed by atoms with van der Waals surface area (Å²) < 4.78 is 52.0. The van der Waals surface area contributed by atoms with E-state index in [1.54, 1.807) is 7.11 Å². The predicted octanol–water partition coefficient (Wildman–Crippen LogP) is 0.861. The SMILES string of the molecule is COCCOCCOCCS(=O)(=O)c1ccc(F)cc1N. The van der Waals surface area contributed by atoms with Crippen LogP contribution in [0.15, 0.2) is 23.1 Å². The second-order valence-electron chi connectivity index (χ2n) is 4.22. The number of hydrogen-bond donors (Lipinski definition) is 1. The van der Waals surface area contributed by atoms with Crippen molar-refractivity contribution in [1.82, 2.24) is 0 Å². The molecule has 0 aliphatic rings. The smallest absolute Gasteiger partial charge is 0.182 e. The Morgan fingerprint density at radius 2 is 1.71 bits per heavy atom. The second-order valence-corrected chi connectivity index (χ2v) is 6.30. The maximum atomic E-state index is 12.9. The molecule has 0 heterocycles. The maximum Gasteiger partial charge on any atom is 0.182 e. The minimum atomic E-state index is -3.59. The summed E-state index contributed by atoms with van der Waals surface area (Å²) in [6.45, 7) is 1.63. The van der Waals surface area contributed by atoms with Crippen molar-refractivity contribution in [3.05, 3.63) is 24.0 Å². The molecular weight excluding hydrogens is 301 g/mol. The molecule has 0 aliphatic heterocycles. The monoisotopic (exact) mass is 321 g/mol. The van der Waals surface area contributed by atoms with Crippen molar-refractivity contribution >= 4 is 15.5 Å². The zero-order chi connectivity index (χ0) is 15.7. The molecule has 0 spiro atoms. The van der Waals surface area contributed by atoms with Crippen molar-refractivity contribution in [1.29, 1.82) is 0 Å². The summed E-state index contributed by atoms with van der Waals surface area (Å²) in [5.74, 6) is -0.795. The third-order valence-corrected chi connectivity index (χ3v) is 4.35. The van der Waals surface area contributed by atoms with Gasteiger partial charge >= 0.3 is 0 Å². The molecule has 0 unspecified atom stereocenters. The first-order valence-electron chi connectivity index (χ1n) is 6.39. The molecule has 2 N–H and O–H groups in total. The van der Waals surface area contributed by atoms with Crippen LogP contribution in [-0.2, 0) is 24.0 Å². The van der Waals surface area contributed by atoms with Crippen molar-refractivity contribution < 1.29 is 27.0 Å². The summed E-state index contributed by atoms with van der Waals surface area (Å²) in [6, 6.07) is 3.21. The number of methoxy groups -OCH3 is 1. The Labute approximate surface area is 123 Å². The van der Waals surface area contributed by atoms with Gasteiger partial charge in [-0.3, -0.25) is 0 Å².